The summed E-state index contributed by atoms with van der Waals surface area (Å²) < 4.78 is 18.4. The molecule has 0 aliphatic carbocycles. The highest BCUT2D eigenvalue weighted by Gasteiger charge is 2.06. The third kappa shape index (κ3) is 3.68. The second-order valence-corrected chi connectivity index (χ2v) is 4.21. The van der Waals surface area contributed by atoms with Crippen LogP contribution in [0.5, 0.6) is 5.75 Å². The predicted molar refractivity (Wildman–Crippen MR) is 73.8 cm³/mol. The molecule has 0 fully saturated rings. The summed E-state index contributed by atoms with van der Waals surface area (Å²) in [5.41, 5.74) is 1.09. The summed E-state index contributed by atoms with van der Waals surface area (Å²) >= 11 is 0. The summed E-state index contributed by atoms with van der Waals surface area (Å²) in [6.07, 6.45) is 0. The first-order valence-corrected chi connectivity index (χ1v) is 6.31. The molecule has 1 unspecified atom stereocenters. The highest BCUT2D eigenvalue weighted by molar-refractivity contribution is 5.39. The number of hydrogen-bond donors (Lipinski definition) is 1. The van der Waals surface area contributed by atoms with Crippen molar-refractivity contribution in [3.8, 4) is 5.75 Å². The van der Waals surface area contributed by atoms with Crippen LogP contribution in [0.1, 0.15) is 25.5 Å². The molecule has 0 radical (unpaired) electrons. The van der Waals surface area contributed by atoms with Crippen LogP contribution in [0.2, 0.25) is 0 Å². The average molecular weight is 260 g/mol. The molecule has 2 aromatic rings. The second kappa shape index (κ2) is 6.18. The zero-order valence-electron chi connectivity index (χ0n) is 11.1. The zero-order chi connectivity index (χ0) is 13.7. The lowest BCUT2D eigenvalue weighted by molar-refractivity contribution is 0.340. The van der Waals surface area contributed by atoms with E-state index in [2.05, 4.69) is 10.3 Å². The van der Waals surface area contributed by atoms with Crippen molar-refractivity contribution in [3.63, 3.8) is 0 Å². The molecular weight excluding hydrogens is 243 g/mol. The smallest absolute Gasteiger partial charge is 0.214 e. The van der Waals surface area contributed by atoms with Gasteiger partial charge in [-0.15, -0.1) is 0 Å². The summed E-state index contributed by atoms with van der Waals surface area (Å²) in [6.45, 7) is 4.61. The fraction of sp³-hybridized carbons (Fsp3) is 0.267. The number of benzene rings is 1. The summed E-state index contributed by atoms with van der Waals surface area (Å²) in [5.74, 6) is 0.896. The highest BCUT2D eigenvalue weighted by atomic mass is 19.1. The Hall–Kier alpha value is -2.10. The van der Waals surface area contributed by atoms with Crippen LogP contribution in [0.15, 0.2) is 42.5 Å². The molecule has 0 amide bonds. The highest BCUT2D eigenvalue weighted by Crippen LogP contribution is 2.20. The van der Waals surface area contributed by atoms with Gasteiger partial charge in [-0.1, -0.05) is 18.2 Å². The maximum Gasteiger partial charge on any atom is 0.214 e. The molecule has 2 rings (SSSR count). The molecule has 3 nitrogen and oxygen atoms in total. The van der Waals surface area contributed by atoms with Crippen LogP contribution in [-0.4, -0.2) is 11.6 Å². The molecule has 0 bridgehead atoms. The van der Waals surface area contributed by atoms with Gasteiger partial charge in [0.2, 0.25) is 5.95 Å². The van der Waals surface area contributed by atoms with Crippen LogP contribution >= 0.6 is 0 Å². The first-order chi connectivity index (χ1) is 9.19. The standard InChI is InChI=1S/C15H17FN2O/c1-3-19-13-9-7-12(8-10-13)11(2)17-15-6-4-5-14(16)18-15/h4-11H,3H2,1-2H3,(H,17,18). The number of nitrogens with one attached hydrogen (secondary N) is 1. The van der Waals surface area contributed by atoms with Gasteiger partial charge in [-0.05, 0) is 43.7 Å². The normalized spacial score (nSPS) is 11.9. The molecule has 1 N–H and O–H groups in total. The van der Waals surface area contributed by atoms with Gasteiger partial charge in [0.15, 0.2) is 0 Å². The molecule has 4 heteroatoms. The Kier molecular flexibility index (Phi) is 4.34. The van der Waals surface area contributed by atoms with Gasteiger partial charge in [0.05, 0.1) is 6.61 Å². The topological polar surface area (TPSA) is 34.1 Å². The van der Waals surface area contributed by atoms with E-state index in [1.165, 1.54) is 6.07 Å². The van der Waals surface area contributed by atoms with Gasteiger partial charge in [0.1, 0.15) is 11.6 Å². The van der Waals surface area contributed by atoms with Crippen molar-refractivity contribution >= 4 is 5.82 Å². The number of anilines is 1. The number of pyridine rings is 1. The first-order valence-electron chi connectivity index (χ1n) is 6.31. The maximum absolute atomic E-state index is 13.0. The van der Waals surface area contributed by atoms with E-state index < -0.39 is 5.95 Å². The van der Waals surface area contributed by atoms with Crippen LogP contribution in [0, 0.1) is 5.95 Å². The lowest BCUT2D eigenvalue weighted by atomic mass is 10.1. The van der Waals surface area contributed by atoms with E-state index in [0.29, 0.717) is 12.4 Å². The van der Waals surface area contributed by atoms with Crippen molar-refractivity contribution in [3.05, 3.63) is 54.0 Å². The summed E-state index contributed by atoms with van der Waals surface area (Å²) in [6, 6.07) is 12.6. The minimum absolute atomic E-state index is 0.0463. The minimum Gasteiger partial charge on any atom is -0.494 e. The van der Waals surface area contributed by atoms with Crippen molar-refractivity contribution in [2.24, 2.45) is 0 Å². The van der Waals surface area contributed by atoms with E-state index >= 15 is 0 Å². The summed E-state index contributed by atoms with van der Waals surface area (Å²) in [7, 11) is 0. The first kappa shape index (κ1) is 13.3. The number of halogens is 1. The Morgan fingerprint density at radius 2 is 1.95 bits per heavy atom. The van der Waals surface area contributed by atoms with Crippen LogP contribution in [0.3, 0.4) is 0 Å². The van der Waals surface area contributed by atoms with Crippen molar-refractivity contribution < 1.29 is 9.13 Å². The number of nitrogens with zero attached hydrogens (tertiary/aromatic N) is 1. The molecule has 0 spiro atoms. The van der Waals surface area contributed by atoms with E-state index in [0.717, 1.165) is 11.3 Å². The average Bonchev–Trinajstić information content (AvgIpc) is 2.40. The Balaban J connectivity index is 2.05. The second-order valence-electron chi connectivity index (χ2n) is 4.21. The molecular formula is C15H17FN2O. The van der Waals surface area contributed by atoms with Gasteiger partial charge in [-0.25, -0.2) is 4.98 Å². The van der Waals surface area contributed by atoms with Gasteiger partial charge >= 0.3 is 0 Å². The lowest BCUT2D eigenvalue weighted by Gasteiger charge is -2.15. The third-order valence-corrected chi connectivity index (χ3v) is 2.77. The maximum atomic E-state index is 13.0. The number of ether oxygens (including phenoxy) is 1. The largest absolute Gasteiger partial charge is 0.494 e. The van der Waals surface area contributed by atoms with E-state index in [1.807, 2.05) is 38.1 Å². The minimum atomic E-state index is -0.483. The van der Waals surface area contributed by atoms with Crippen LogP contribution in [0.4, 0.5) is 10.2 Å². The van der Waals surface area contributed by atoms with Gasteiger partial charge in [0, 0.05) is 6.04 Å². The van der Waals surface area contributed by atoms with Crippen molar-refractivity contribution in [2.45, 2.75) is 19.9 Å². The molecule has 0 saturated heterocycles. The SMILES string of the molecule is CCOc1ccc(C(C)Nc2cccc(F)n2)cc1. The van der Waals surface area contributed by atoms with Crippen LogP contribution in [-0.2, 0) is 0 Å². The van der Waals surface area contributed by atoms with E-state index in [1.54, 1.807) is 12.1 Å². The number of rotatable bonds is 5. The Labute approximate surface area is 112 Å². The zero-order valence-corrected chi connectivity index (χ0v) is 11.1. The molecule has 19 heavy (non-hydrogen) atoms. The molecule has 100 valence electrons. The van der Waals surface area contributed by atoms with Gasteiger partial charge in [0.25, 0.3) is 0 Å². The van der Waals surface area contributed by atoms with E-state index in [-0.39, 0.29) is 6.04 Å². The lowest BCUT2D eigenvalue weighted by Crippen LogP contribution is -2.08. The molecule has 0 saturated carbocycles. The van der Waals surface area contributed by atoms with Crippen LogP contribution in [0.25, 0.3) is 0 Å². The van der Waals surface area contributed by atoms with E-state index in [4.69, 9.17) is 4.74 Å². The fourth-order valence-electron chi connectivity index (χ4n) is 1.81. The third-order valence-electron chi connectivity index (χ3n) is 2.77. The predicted octanol–water partition coefficient (Wildman–Crippen LogP) is 3.79. The Bertz CT molecular complexity index is 528. The Morgan fingerprint density at radius 1 is 1.21 bits per heavy atom. The molecule has 1 aromatic carbocycles. The number of aromatic nitrogens is 1. The van der Waals surface area contributed by atoms with Crippen molar-refractivity contribution in [1.82, 2.24) is 4.98 Å². The van der Waals surface area contributed by atoms with Crippen LogP contribution < -0.4 is 10.1 Å². The molecule has 0 aliphatic rings. The molecule has 1 heterocycles. The summed E-state index contributed by atoms with van der Waals surface area (Å²) in [4.78, 5) is 3.78. The number of hydrogen-bond acceptors (Lipinski definition) is 3. The molecule has 0 aliphatic heterocycles. The molecule has 1 atom stereocenters. The van der Waals surface area contributed by atoms with E-state index in [9.17, 15) is 4.39 Å². The monoisotopic (exact) mass is 260 g/mol. The fourth-order valence-corrected chi connectivity index (χ4v) is 1.81. The molecule has 1 aromatic heterocycles. The van der Waals surface area contributed by atoms with Crippen molar-refractivity contribution in [1.29, 1.82) is 0 Å². The van der Waals surface area contributed by atoms with Gasteiger partial charge in [-0.2, -0.15) is 4.39 Å². The Morgan fingerprint density at radius 3 is 2.58 bits per heavy atom. The quantitative estimate of drug-likeness (QED) is 0.830. The summed E-state index contributed by atoms with van der Waals surface area (Å²) in [5, 5.41) is 3.16. The van der Waals surface area contributed by atoms with Crippen molar-refractivity contribution in [2.75, 3.05) is 11.9 Å². The van der Waals surface area contributed by atoms with Gasteiger partial charge < -0.3 is 10.1 Å². The van der Waals surface area contributed by atoms with Gasteiger partial charge in [-0.3, -0.25) is 0 Å².